The maximum Gasteiger partial charge on any atom is 0.172 e. The Morgan fingerprint density at radius 2 is 2.11 bits per heavy atom. The predicted molar refractivity (Wildman–Crippen MR) is 32.6 cm³/mol. The summed E-state index contributed by atoms with van der Waals surface area (Å²) in [6.07, 6.45) is 1.25. The molecule has 0 saturated heterocycles. The van der Waals surface area contributed by atoms with Gasteiger partial charge in [-0.3, -0.25) is 4.79 Å². The first-order valence-electron chi connectivity index (χ1n) is 2.54. The minimum absolute atomic E-state index is 0.0255. The van der Waals surface area contributed by atoms with Crippen LogP contribution in [0.1, 0.15) is 6.42 Å². The van der Waals surface area contributed by atoms with Crippen molar-refractivity contribution < 1.29 is 13.2 Å². The standard InChI is InChI=1S/C5H6O3S/c6-5-1-3-9(7,8)4-2-5/h1,3H,2,4H2. The van der Waals surface area contributed by atoms with Gasteiger partial charge >= 0.3 is 0 Å². The molecule has 0 saturated carbocycles. The number of ketones is 1. The van der Waals surface area contributed by atoms with Crippen LogP contribution < -0.4 is 0 Å². The second-order valence-corrected chi connectivity index (χ2v) is 3.89. The number of carbonyl (C=O) groups is 1. The third-order valence-electron chi connectivity index (χ3n) is 1.09. The summed E-state index contributed by atoms with van der Waals surface area (Å²) in [6, 6.07) is 0. The summed E-state index contributed by atoms with van der Waals surface area (Å²) in [6.45, 7) is 0. The van der Waals surface area contributed by atoms with Crippen LogP contribution in [0.3, 0.4) is 0 Å². The first-order chi connectivity index (χ1) is 4.10. The highest BCUT2D eigenvalue weighted by molar-refractivity contribution is 7.94. The molecule has 0 N–H and O–H groups in total. The van der Waals surface area contributed by atoms with Gasteiger partial charge in [-0.15, -0.1) is 0 Å². The Labute approximate surface area is 53.3 Å². The van der Waals surface area contributed by atoms with E-state index in [0.29, 0.717) is 0 Å². The molecule has 0 aliphatic carbocycles. The molecule has 3 nitrogen and oxygen atoms in total. The summed E-state index contributed by atoms with van der Waals surface area (Å²) in [5.74, 6) is -0.132. The van der Waals surface area contributed by atoms with Crippen LogP contribution in [0, 0.1) is 0 Å². The first kappa shape index (κ1) is 6.48. The third kappa shape index (κ3) is 1.64. The molecule has 1 heterocycles. The first-order valence-corrected chi connectivity index (χ1v) is 4.25. The van der Waals surface area contributed by atoms with Gasteiger partial charge < -0.3 is 0 Å². The molecule has 50 valence electrons. The SMILES string of the molecule is O=C1C=CS(=O)(=O)CC1. The topological polar surface area (TPSA) is 51.2 Å². The summed E-state index contributed by atoms with van der Waals surface area (Å²) < 4.78 is 21.1. The Morgan fingerprint density at radius 1 is 1.44 bits per heavy atom. The highest BCUT2D eigenvalue weighted by Gasteiger charge is 2.13. The minimum Gasteiger partial charge on any atom is -0.295 e. The van der Waals surface area contributed by atoms with Crippen molar-refractivity contribution in [3.8, 4) is 0 Å². The summed E-state index contributed by atoms with van der Waals surface area (Å²) in [5, 5.41) is 0.971. The lowest BCUT2D eigenvalue weighted by atomic mass is 10.3. The third-order valence-corrected chi connectivity index (χ3v) is 2.42. The van der Waals surface area contributed by atoms with Gasteiger partial charge in [-0.1, -0.05) is 0 Å². The van der Waals surface area contributed by atoms with E-state index in [1.165, 1.54) is 0 Å². The van der Waals surface area contributed by atoms with Crippen LogP contribution in [0.25, 0.3) is 0 Å². The molecule has 0 atom stereocenters. The smallest absolute Gasteiger partial charge is 0.172 e. The minimum atomic E-state index is -3.02. The summed E-state index contributed by atoms with van der Waals surface area (Å²) in [4.78, 5) is 10.4. The molecule has 0 fully saturated rings. The Balaban J connectivity index is 2.95. The van der Waals surface area contributed by atoms with E-state index >= 15 is 0 Å². The average Bonchev–Trinajstić information content (AvgIpc) is 1.78. The molecule has 1 rings (SSSR count). The molecule has 0 aromatic rings. The van der Waals surface area contributed by atoms with E-state index in [2.05, 4.69) is 0 Å². The van der Waals surface area contributed by atoms with Crippen LogP contribution in [0.4, 0.5) is 0 Å². The largest absolute Gasteiger partial charge is 0.295 e. The molecule has 0 spiro atoms. The molecule has 0 aromatic carbocycles. The molecular weight excluding hydrogens is 140 g/mol. The summed E-state index contributed by atoms with van der Waals surface area (Å²) >= 11 is 0. The van der Waals surface area contributed by atoms with E-state index < -0.39 is 9.84 Å². The van der Waals surface area contributed by atoms with Gasteiger partial charge in [0, 0.05) is 11.8 Å². The fourth-order valence-electron chi connectivity index (χ4n) is 0.574. The van der Waals surface area contributed by atoms with Crippen molar-refractivity contribution in [3.05, 3.63) is 11.5 Å². The van der Waals surface area contributed by atoms with Gasteiger partial charge in [0.1, 0.15) is 0 Å². The van der Waals surface area contributed by atoms with E-state index in [1.54, 1.807) is 0 Å². The summed E-state index contributed by atoms with van der Waals surface area (Å²) in [5.41, 5.74) is 0. The second kappa shape index (κ2) is 1.95. The van der Waals surface area contributed by atoms with Gasteiger partial charge in [0.25, 0.3) is 0 Å². The Bertz CT molecular complexity index is 247. The Kier molecular flexibility index (Phi) is 1.40. The zero-order valence-corrected chi connectivity index (χ0v) is 5.52. The van der Waals surface area contributed by atoms with Crippen molar-refractivity contribution in [1.82, 2.24) is 0 Å². The van der Waals surface area contributed by atoms with Crippen molar-refractivity contribution >= 4 is 15.6 Å². The lowest BCUT2D eigenvalue weighted by molar-refractivity contribution is -0.114. The van der Waals surface area contributed by atoms with Crippen LogP contribution in [-0.2, 0) is 14.6 Å². The van der Waals surface area contributed by atoms with E-state index in [4.69, 9.17) is 0 Å². The average molecular weight is 146 g/mol. The van der Waals surface area contributed by atoms with Gasteiger partial charge in [-0.05, 0) is 6.08 Å². The van der Waals surface area contributed by atoms with Gasteiger partial charge in [0.05, 0.1) is 5.75 Å². The molecule has 0 amide bonds. The van der Waals surface area contributed by atoms with Crippen molar-refractivity contribution in [2.45, 2.75) is 6.42 Å². The number of carbonyl (C=O) groups excluding carboxylic acids is 1. The lowest BCUT2D eigenvalue weighted by Crippen LogP contribution is -2.12. The molecule has 4 heteroatoms. The molecule has 0 unspecified atom stereocenters. The molecular formula is C5H6O3S. The van der Waals surface area contributed by atoms with Crippen LogP contribution in [0.15, 0.2) is 11.5 Å². The second-order valence-electron chi connectivity index (χ2n) is 1.89. The molecule has 1 aliphatic rings. The van der Waals surface area contributed by atoms with Crippen molar-refractivity contribution in [2.75, 3.05) is 5.75 Å². The number of hydrogen-bond donors (Lipinski definition) is 0. The van der Waals surface area contributed by atoms with Gasteiger partial charge in [0.15, 0.2) is 15.6 Å². The van der Waals surface area contributed by atoms with Gasteiger partial charge in [-0.25, -0.2) is 8.42 Å². The monoisotopic (exact) mass is 146 g/mol. The fourth-order valence-corrected chi connectivity index (χ4v) is 1.55. The maximum atomic E-state index is 10.6. The van der Waals surface area contributed by atoms with Gasteiger partial charge in [-0.2, -0.15) is 0 Å². The fraction of sp³-hybridized carbons (Fsp3) is 0.400. The summed E-state index contributed by atoms with van der Waals surface area (Å²) in [7, 11) is -3.02. The highest BCUT2D eigenvalue weighted by atomic mass is 32.2. The van der Waals surface area contributed by atoms with Crippen molar-refractivity contribution in [1.29, 1.82) is 0 Å². The number of sulfone groups is 1. The molecule has 0 bridgehead atoms. The highest BCUT2D eigenvalue weighted by Crippen LogP contribution is 2.03. The van der Waals surface area contributed by atoms with Crippen LogP contribution >= 0.6 is 0 Å². The van der Waals surface area contributed by atoms with E-state index in [-0.39, 0.29) is 18.0 Å². The zero-order valence-electron chi connectivity index (χ0n) is 4.70. The van der Waals surface area contributed by atoms with E-state index in [9.17, 15) is 13.2 Å². The number of allylic oxidation sites excluding steroid dienone is 1. The number of rotatable bonds is 0. The van der Waals surface area contributed by atoms with E-state index in [0.717, 1.165) is 11.5 Å². The normalized spacial score (nSPS) is 24.2. The Morgan fingerprint density at radius 3 is 2.44 bits per heavy atom. The lowest BCUT2D eigenvalue weighted by Gasteiger charge is -2.00. The molecule has 0 radical (unpaired) electrons. The van der Waals surface area contributed by atoms with Crippen LogP contribution in [-0.4, -0.2) is 20.0 Å². The predicted octanol–water partition coefficient (Wildman–Crippen LogP) is -0.112. The zero-order chi connectivity index (χ0) is 6.91. The maximum absolute atomic E-state index is 10.6. The van der Waals surface area contributed by atoms with Crippen molar-refractivity contribution in [2.24, 2.45) is 0 Å². The van der Waals surface area contributed by atoms with Crippen LogP contribution in [0.2, 0.25) is 0 Å². The van der Waals surface area contributed by atoms with Crippen molar-refractivity contribution in [3.63, 3.8) is 0 Å². The molecule has 1 aliphatic heterocycles. The quantitative estimate of drug-likeness (QED) is 0.479. The number of hydrogen-bond acceptors (Lipinski definition) is 3. The Hall–Kier alpha value is -0.640. The van der Waals surface area contributed by atoms with Crippen LogP contribution in [0.5, 0.6) is 0 Å². The van der Waals surface area contributed by atoms with E-state index in [1.807, 2.05) is 0 Å². The van der Waals surface area contributed by atoms with Gasteiger partial charge in [0.2, 0.25) is 0 Å². The molecule has 0 aromatic heterocycles. The molecule has 9 heavy (non-hydrogen) atoms.